The lowest BCUT2D eigenvalue weighted by Gasteiger charge is -2.34. The summed E-state index contributed by atoms with van der Waals surface area (Å²) in [5.41, 5.74) is 0.702. The fourth-order valence-electron chi connectivity index (χ4n) is 3.03. The molecule has 2 aliphatic heterocycles. The van der Waals surface area contributed by atoms with Crippen molar-refractivity contribution in [2.75, 3.05) is 32.8 Å². The lowest BCUT2D eigenvalue weighted by molar-refractivity contribution is -0.148. The van der Waals surface area contributed by atoms with Gasteiger partial charge in [0, 0.05) is 32.7 Å². The van der Waals surface area contributed by atoms with Gasteiger partial charge in [-0.05, 0) is 30.5 Å². The monoisotopic (exact) mass is 310 g/mol. The van der Waals surface area contributed by atoms with Crippen molar-refractivity contribution in [3.05, 3.63) is 35.4 Å². The van der Waals surface area contributed by atoms with Crippen molar-refractivity contribution < 1.29 is 18.3 Å². The fourth-order valence-corrected chi connectivity index (χ4v) is 3.03. The van der Waals surface area contributed by atoms with Gasteiger partial charge < -0.3 is 9.64 Å². The zero-order chi connectivity index (χ0) is 15.5. The smallest absolute Gasteiger partial charge is 0.253 e. The number of morpholine rings is 1. The van der Waals surface area contributed by atoms with Crippen LogP contribution in [0.2, 0.25) is 0 Å². The van der Waals surface area contributed by atoms with Gasteiger partial charge in [0.1, 0.15) is 6.10 Å². The van der Waals surface area contributed by atoms with Gasteiger partial charge in [0.2, 0.25) is 0 Å². The molecule has 4 nitrogen and oxygen atoms in total. The van der Waals surface area contributed by atoms with Gasteiger partial charge >= 0.3 is 0 Å². The highest BCUT2D eigenvalue weighted by molar-refractivity contribution is 5.81. The van der Waals surface area contributed by atoms with Crippen molar-refractivity contribution in [2.24, 2.45) is 0 Å². The summed E-state index contributed by atoms with van der Waals surface area (Å²) in [6.45, 7) is 3.76. The molecule has 0 bridgehead atoms. The van der Waals surface area contributed by atoms with E-state index in [1.165, 1.54) is 6.07 Å². The van der Waals surface area contributed by atoms with Crippen molar-refractivity contribution in [1.82, 2.24) is 9.80 Å². The minimum Gasteiger partial charge on any atom is -0.366 e. The largest absolute Gasteiger partial charge is 0.366 e. The Kier molecular flexibility index (Phi) is 4.69. The highest BCUT2D eigenvalue weighted by Gasteiger charge is 2.31. The van der Waals surface area contributed by atoms with E-state index in [4.69, 9.17) is 4.74 Å². The summed E-state index contributed by atoms with van der Waals surface area (Å²) in [7, 11) is 0. The number of hydrogen-bond donors (Lipinski definition) is 0. The third-order valence-corrected chi connectivity index (χ3v) is 4.23. The van der Waals surface area contributed by atoms with E-state index in [-0.39, 0.29) is 5.91 Å². The zero-order valence-corrected chi connectivity index (χ0v) is 12.4. The van der Waals surface area contributed by atoms with E-state index in [1.807, 2.05) is 4.90 Å². The number of benzene rings is 1. The Bertz CT molecular complexity index is 547. The Morgan fingerprint density at radius 1 is 1.18 bits per heavy atom. The maximum absolute atomic E-state index is 13.3. The number of ether oxygens (including phenoxy) is 1. The van der Waals surface area contributed by atoms with E-state index in [1.54, 1.807) is 6.07 Å². The molecule has 0 saturated carbocycles. The second-order valence-electron chi connectivity index (χ2n) is 5.88. The first kappa shape index (κ1) is 15.4. The van der Waals surface area contributed by atoms with Crippen LogP contribution in [0.25, 0.3) is 0 Å². The molecule has 2 fully saturated rings. The van der Waals surface area contributed by atoms with Crippen LogP contribution in [0.15, 0.2) is 18.2 Å². The van der Waals surface area contributed by atoms with Crippen LogP contribution in [0, 0.1) is 11.6 Å². The first-order chi connectivity index (χ1) is 10.6. The minimum atomic E-state index is -0.840. The summed E-state index contributed by atoms with van der Waals surface area (Å²) in [6.07, 6.45) is 1.66. The van der Waals surface area contributed by atoms with E-state index in [9.17, 15) is 13.6 Å². The molecule has 2 heterocycles. The zero-order valence-electron chi connectivity index (χ0n) is 12.4. The van der Waals surface area contributed by atoms with Crippen LogP contribution in [-0.2, 0) is 16.1 Å². The standard InChI is InChI=1S/C16H20F2N2O2/c17-13-4-3-12(9-14(13)18)10-19-7-8-22-15(11-19)16(21)20-5-1-2-6-20/h3-4,9,15H,1-2,5-8,10-11H2. The van der Waals surface area contributed by atoms with Crippen LogP contribution in [0.4, 0.5) is 8.78 Å². The van der Waals surface area contributed by atoms with Crippen molar-refractivity contribution in [2.45, 2.75) is 25.5 Å². The second kappa shape index (κ2) is 6.71. The number of likely N-dealkylation sites (tertiary alicyclic amines) is 1. The second-order valence-corrected chi connectivity index (χ2v) is 5.88. The highest BCUT2D eigenvalue weighted by Crippen LogP contribution is 2.16. The van der Waals surface area contributed by atoms with Gasteiger partial charge in [-0.1, -0.05) is 6.07 Å². The predicted octanol–water partition coefficient (Wildman–Crippen LogP) is 1.79. The molecule has 0 spiro atoms. The summed E-state index contributed by atoms with van der Waals surface area (Å²) in [4.78, 5) is 16.3. The van der Waals surface area contributed by atoms with Crippen LogP contribution in [-0.4, -0.2) is 54.6 Å². The van der Waals surface area contributed by atoms with Crippen LogP contribution in [0.3, 0.4) is 0 Å². The number of rotatable bonds is 3. The van der Waals surface area contributed by atoms with Gasteiger partial charge in [0.15, 0.2) is 11.6 Å². The van der Waals surface area contributed by atoms with Gasteiger partial charge in [-0.15, -0.1) is 0 Å². The normalized spacial score (nSPS) is 23.0. The van der Waals surface area contributed by atoms with Gasteiger partial charge in [-0.25, -0.2) is 8.78 Å². The third kappa shape index (κ3) is 3.44. The van der Waals surface area contributed by atoms with Crippen molar-refractivity contribution >= 4 is 5.91 Å². The van der Waals surface area contributed by atoms with Crippen LogP contribution in [0.1, 0.15) is 18.4 Å². The summed E-state index contributed by atoms with van der Waals surface area (Å²) in [6, 6.07) is 3.92. The third-order valence-electron chi connectivity index (χ3n) is 4.23. The number of hydrogen-bond acceptors (Lipinski definition) is 3. The number of carbonyl (C=O) groups excluding carboxylic acids is 1. The maximum Gasteiger partial charge on any atom is 0.253 e. The SMILES string of the molecule is O=C(C1CN(Cc2ccc(F)c(F)c2)CCO1)N1CCCC1. The first-order valence-corrected chi connectivity index (χ1v) is 7.70. The van der Waals surface area contributed by atoms with Crippen molar-refractivity contribution in [3.63, 3.8) is 0 Å². The number of nitrogens with zero attached hydrogens (tertiary/aromatic N) is 2. The molecule has 1 aromatic carbocycles. The molecule has 1 aromatic rings. The molecule has 0 radical (unpaired) electrons. The van der Waals surface area contributed by atoms with Gasteiger partial charge in [0.25, 0.3) is 5.91 Å². The summed E-state index contributed by atoms with van der Waals surface area (Å²) in [5, 5.41) is 0. The van der Waals surface area contributed by atoms with E-state index >= 15 is 0 Å². The Hall–Kier alpha value is -1.53. The lowest BCUT2D eigenvalue weighted by Crippen LogP contribution is -2.50. The number of halogens is 2. The Labute approximate surface area is 128 Å². The highest BCUT2D eigenvalue weighted by atomic mass is 19.2. The molecule has 2 saturated heterocycles. The van der Waals surface area contributed by atoms with Gasteiger partial charge in [-0.3, -0.25) is 9.69 Å². The number of amides is 1. The molecule has 6 heteroatoms. The van der Waals surface area contributed by atoms with Crippen molar-refractivity contribution in [3.8, 4) is 0 Å². The molecular weight excluding hydrogens is 290 g/mol. The lowest BCUT2D eigenvalue weighted by atomic mass is 10.1. The average Bonchev–Trinajstić information content (AvgIpc) is 3.05. The molecule has 1 amide bonds. The Morgan fingerprint density at radius 2 is 1.95 bits per heavy atom. The Balaban J connectivity index is 1.60. The maximum atomic E-state index is 13.3. The fraction of sp³-hybridized carbons (Fsp3) is 0.562. The topological polar surface area (TPSA) is 32.8 Å². The predicted molar refractivity (Wildman–Crippen MR) is 77.2 cm³/mol. The minimum absolute atomic E-state index is 0.0486. The molecule has 120 valence electrons. The average molecular weight is 310 g/mol. The molecule has 0 N–H and O–H groups in total. The van der Waals surface area contributed by atoms with Crippen molar-refractivity contribution in [1.29, 1.82) is 0 Å². The summed E-state index contributed by atoms with van der Waals surface area (Å²) >= 11 is 0. The van der Waals surface area contributed by atoms with E-state index in [2.05, 4.69) is 4.90 Å². The van der Waals surface area contributed by atoms with E-state index < -0.39 is 17.7 Å². The van der Waals surface area contributed by atoms with Crippen LogP contribution < -0.4 is 0 Å². The summed E-state index contributed by atoms with van der Waals surface area (Å²) in [5.74, 6) is -1.63. The molecular formula is C16H20F2N2O2. The molecule has 22 heavy (non-hydrogen) atoms. The quantitative estimate of drug-likeness (QED) is 0.853. The van der Waals surface area contributed by atoms with E-state index in [0.29, 0.717) is 31.8 Å². The number of carbonyl (C=O) groups is 1. The van der Waals surface area contributed by atoms with Crippen LogP contribution in [0.5, 0.6) is 0 Å². The van der Waals surface area contributed by atoms with Gasteiger partial charge in [0.05, 0.1) is 6.61 Å². The van der Waals surface area contributed by atoms with Gasteiger partial charge in [-0.2, -0.15) is 0 Å². The molecule has 1 atom stereocenters. The summed E-state index contributed by atoms with van der Waals surface area (Å²) < 4.78 is 31.8. The van der Waals surface area contributed by atoms with E-state index in [0.717, 1.165) is 32.0 Å². The molecule has 3 rings (SSSR count). The molecule has 0 aliphatic carbocycles. The van der Waals surface area contributed by atoms with Crippen LogP contribution >= 0.6 is 0 Å². The Morgan fingerprint density at radius 3 is 2.68 bits per heavy atom. The first-order valence-electron chi connectivity index (χ1n) is 7.70. The molecule has 2 aliphatic rings. The molecule has 1 unspecified atom stereocenters. The molecule has 0 aromatic heterocycles.